The highest BCUT2D eigenvalue weighted by atomic mass is 15.3. The van der Waals surface area contributed by atoms with Crippen LogP contribution in [0.1, 0.15) is 0 Å². The standard InChI is InChI=1S/C11H11N5/c1-16-11-7(6-13-16)3-2-4-8(11)9-5-10(12)15-14-9/h2-6H,1H3,(H3,12,14,15). The number of para-hydroxylation sites is 1. The zero-order valence-corrected chi connectivity index (χ0v) is 8.81. The smallest absolute Gasteiger partial charge is 0.145 e. The number of H-pyrrole nitrogens is 1. The second kappa shape index (κ2) is 3.10. The summed E-state index contributed by atoms with van der Waals surface area (Å²) in [5.74, 6) is 0.495. The summed E-state index contributed by atoms with van der Waals surface area (Å²) in [6.07, 6.45) is 1.85. The van der Waals surface area contributed by atoms with E-state index in [-0.39, 0.29) is 0 Å². The van der Waals surface area contributed by atoms with Crippen molar-refractivity contribution in [3.63, 3.8) is 0 Å². The highest BCUT2D eigenvalue weighted by molar-refractivity contribution is 5.93. The van der Waals surface area contributed by atoms with Gasteiger partial charge in [-0.05, 0) is 0 Å². The summed E-state index contributed by atoms with van der Waals surface area (Å²) >= 11 is 0. The molecular formula is C11H11N5. The summed E-state index contributed by atoms with van der Waals surface area (Å²) in [4.78, 5) is 0. The van der Waals surface area contributed by atoms with Gasteiger partial charge in [-0.15, -0.1) is 0 Å². The molecule has 0 spiro atoms. The number of anilines is 1. The molecule has 0 amide bonds. The molecule has 5 heteroatoms. The molecule has 0 fully saturated rings. The Hall–Kier alpha value is -2.30. The fourth-order valence-electron chi connectivity index (χ4n) is 1.93. The Morgan fingerprint density at radius 1 is 1.38 bits per heavy atom. The van der Waals surface area contributed by atoms with E-state index in [1.165, 1.54) is 0 Å². The van der Waals surface area contributed by atoms with E-state index in [1.807, 2.05) is 42.2 Å². The number of rotatable bonds is 1. The van der Waals surface area contributed by atoms with Crippen molar-refractivity contribution in [2.24, 2.45) is 7.05 Å². The lowest BCUT2D eigenvalue weighted by molar-refractivity contribution is 0.797. The first kappa shape index (κ1) is 8.96. The Balaban J connectivity index is 2.34. The third-order valence-corrected chi connectivity index (χ3v) is 2.65. The predicted molar refractivity (Wildman–Crippen MR) is 62.7 cm³/mol. The molecule has 0 saturated carbocycles. The van der Waals surface area contributed by atoms with Crippen LogP contribution in [-0.4, -0.2) is 20.0 Å². The van der Waals surface area contributed by atoms with Gasteiger partial charge in [-0.2, -0.15) is 10.2 Å². The average molecular weight is 213 g/mol. The molecule has 5 nitrogen and oxygen atoms in total. The van der Waals surface area contributed by atoms with Gasteiger partial charge in [0, 0.05) is 24.1 Å². The molecule has 2 aromatic heterocycles. The summed E-state index contributed by atoms with van der Waals surface area (Å²) in [6.45, 7) is 0. The first-order chi connectivity index (χ1) is 7.75. The number of benzene rings is 1. The van der Waals surface area contributed by atoms with Crippen LogP contribution in [0.2, 0.25) is 0 Å². The van der Waals surface area contributed by atoms with Crippen molar-refractivity contribution < 1.29 is 0 Å². The maximum absolute atomic E-state index is 5.61. The average Bonchev–Trinajstić information content (AvgIpc) is 2.86. The molecule has 1 aromatic carbocycles. The number of nitrogen functional groups attached to an aromatic ring is 1. The maximum atomic E-state index is 5.61. The second-order valence-electron chi connectivity index (χ2n) is 3.72. The molecule has 2 heterocycles. The number of nitrogens with one attached hydrogen (secondary N) is 1. The van der Waals surface area contributed by atoms with Gasteiger partial charge >= 0.3 is 0 Å². The van der Waals surface area contributed by atoms with E-state index >= 15 is 0 Å². The molecule has 0 bridgehead atoms. The number of hydrogen-bond acceptors (Lipinski definition) is 3. The molecular weight excluding hydrogens is 202 g/mol. The first-order valence-corrected chi connectivity index (χ1v) is 4.97. The Kier molecular flexibility index (Phi) is 1.73. The van der Waals surface area contributed by atoms with Crippen LogP contribution in [0.3, 0.4) is 0 Å². The zero-order chi connectivity index (χ0) is 11.1. The molecule has 3 rings (SSSR count). The van der Waals surface area contributed by atoms with Gasteiger partial charge in [0.05, 0.1) is 17.4 Å². The molecule has 0 atom stereocenters. The SMILES string of the molecule is Cn1ncc2cccc(-c3cc(N)n[nH]3)c21. The van der Waals surface area contributed by atoms with Crippen molar-refractivity contribution >= 4 is 16.7 Å². The normalized spacial score (nSPS) is 11.1. The first-order valence-electron chi connectivity index (χ1n) is 4.97. The fraction of sp³-hybridized carbons (Fsp3) is 0.0909. The van der Waals surface area contributed by atoms with Crippen molar-refractivity contribution in [3.05, 3.63) is 30.5 Å². The number of aryl methyl sites for hydroxylation is 1. The number of nitrogens with two attached hydrogens (primary N) is 1. The molecule has 16 heavy (non-hydrogen) atoms. The van der Waals surface area contributed by atoms with Crippen molar-refractivity contribution in [3.8, 4) is 11.3 Å². The van der Waals surface area contributed by atoms with E-state index in [0.717, 1.165) is 22.2 Å². The number of hydrogen-bond donors (Lipinski definition) is 2. The Labute approximate surface area is 91.9 Å². The Bertz CT molecular complexity index is 649. The summed E-state index contributed by atoms with van der Waals surface area (Å²) < 4.78 is 1.85. The van der Waals surface area contributed by atoms with Crippen LogP contribution >= 0.6 is 0 Å². The number of fused-ring (bicyclic) bond motifs is 1. The topological polar surface area (TPSA) is 72.5 Å². The van der Waals surface area contributed by atoms with E-state index in [2.05, 4.69) is 15.3 Å². The third kappa shape index (κ3) is 1.18. The van der Waals surface area contributed by atoms with Crippen LogP contribution in [0.25, 0.3) is 22.2 Å². The van der Waals surface area contributed by atoms with Crippen LogP contribution in [0, 0.1) is 0 Å². The molecule has 3 N–H and O–H groups in total. The van der Waals surface area contributed by atoms with Gasteiger partial charge in [-0.3, -0.25) is 9.78 Å². The molecule has 0 aliphatic heterocycles. The Morgan fingerprint density at radius 3 is 3.00 bits per heavy atom. The van der Waals surface area contributed by atoms with E-state index in [9.17, 15) is 0 Å². The molecule has 0 radical (unpaired) electrons. The highest BCUT2D eigenvalue weighted by Crippen LogP contribution is 2.27. The van der Waals surface area contributed by atoms with E-state index in [1.54, 1.807) is 0 Å². The molecule has 80 valence electrons. The molecule has 0 saturated heterocycles. The van der Waals surface area contributed by atoms with Crippen molar-refractivity contribution in [2.45, 2.75) is 0 Å². The van der Waals surface area contributed by atoms with Crippen molar-refractivity contribution in [1.29, 1.82) is 0 Å². The zero-order valence-electron chi connectivity index (χ0n) is 8.81. The van der Waals surface area contributed by atoms with Crippen LogP contribution < -0.4 is 5.73 Å². The van der Waals surface area contributed by atoms with Crippen LogP contribution in [0.4, 0.5) is 5.82 Å². The quantitative estimate of drug-likeness (QED) is 0.644. The number of aromatic nitrogens is 4. The van der Waals surface area contributed by atoms with Gasteiger partial charge in [0.15, 0.2) is 0 Å². The summed E-state index contributed by atoms with van der Waals surface area (Å²) in [5.41, 5.74) is 8.65. The second-order valence-corrected chi connectivity index (χ2v) is 3.72. The minimum atomic E-state index is 0.495. The molecule has 3 aromatic rings. The van der Waals surface area contributed by atoms with Gasteiger partial charge < -0.3 is 5.73 Å². The van der Waals surface area contributed by atoms with Gasteiger partial charge in [-0.25, -0.2) is 0 Å². The lowest BCUT2D eigenvalue weighted by Crippen LogP contribution is -1.91. The molecule has 0 aliphatic rings. The van der Waals surface area contributed by atoms with E-state index in [4.69, 9.17) is 5.73 Å². The number of aromatic amines is 1. The van der Waals surface area contributed by atoms with Gasteiger partial charge in [0.2, 0.25) is 0 Å². The van der Waals surface area contributed by atoms with Gasteiger partial charge in [0.1, 0.15) is 5.82 Å². The summed E-state index contributed by atoms with van der Waals surface area (Å²) in [6, 6.07) is 7.88. The highest BCUT2D eigenvalue weighted by Gasteiger charge is 2.09. The largest absolute Gasteiger partial charge is 0.382 e. The van der Waals surface area contributed by atoms with Gasteiger partial charge in [-0.1, -0.05) is 18.2 Å². The Morgan fingerprint density at radius 2 is 2.25 bits per heavy atom. The monoisotopic (exact) mass is 213 g/mol. The molecule has 0 aliphatic carbocycles. The predicted octanol–water partition coefficient (Wildman–Crippen LogP) is 1.55. The fourth-order valence-corrected chi connectivity index (χ4v) is 1.93. The van der Waals surface area contributed by atoms with Crippen molar-refractivity contribution in [2.75, 3.05) is 5.73 Å². The van der Waals surface area contributed by atoms with E-state index < -0.39 is 0 Å². The lowest BCUT2D eigenvalue weighted by Gasteiger charge is -2.01. The number of nitrogens with zero attached hydrogens (tertiary/aromatic N) is 3. The van der Waals surface area contributed by atoms with Crippen LogP contribution in [0.5, 0.6) is 0 Å². The van der Waals surface area contributed by atoms with Crippen molar-refractivity contribution in [1.82, 2.24) is 20.0 Å². The molecule has 0 unspecified atom stereocenters. The maximum Gasteiger partial charge on any atom is 0.145 e. The lowest BCUT2D eigenvalue weighted by atomic mass is 10.1. The minimum absolute atomic E-state index is 0.495. The van der Waals surface area contributed by atoms with Crippen LogP contribution in [-0.2, 0) is 7.05 Å². The third-order valence-electron chi connectivity index (χ3n) is 2.65. The van der Waals surface area contributed by atoms with Gasteiger partial charge in [0.25, 0.3) is 0 Å². The minimum Gasteiger partial charge on any atom is -0.382 e. The van der Waals surface area contributed by atoms with E-state index in [0.29, 0.717) is 5.82 Å². The summed E-state index contributed by atoms with van der Waals surface area (Å²) in [7, 11) is 1.92. The van der Waals surface area contributed by atoms with Crippen LogP contribution in [0.15, 0.2) is 30.5 Å². The summed E-state index contributed by atoms with van der Waals surface area (Å²) in [5, 5.41) is 12.2.